The summed E-state index contributed by atoms with van der Waals surface area (Å²) in [4.78, 5) is 23.0. The Morgan fingerprint density at radius 3 is 2.39 bits per heavy atom. The van der Waals surface area contributed by atoms with Gasteiger partial charge in [-0.3, -0.25) is 4.79 Å². The molecule has 1 aromatic rings. The predicted octanol–water partition coefficient (Wildman–Crippen LogP) is 3.25. The van der Waals surface area contributed by atoms with Crippen LogP contribution in [0.1, 0.15) is 47.7 Å². The third kappa shape index (κ3) is 3.69. The van der Waals surface area contributed by atoms with E-state index in [1.165, 1.54) is 0 Å². The molecular weight excluding hydrogens is 228 g/mol. The van der Waals surface area contributed by atoms with Crippen molar-refractivity contribution < 1.29 is 14.3 Å². The van der Waals surface area contributed by atoms with Crippen molar-refractivity contribution >= 4 is 11.6 Å². The molecule has 0 aliphatic rings. The third-order valence-corrected chi connectivity index (χ3v) is 2.88. The predicted molar refractivity (Wildman–Crippen MR) is 71.3 cm³/mol. The van der Waals surface area contributed by atoms with Gasteiger partial charge in [-0.2, -0.15) is 0 Å². The van der Waals surface area contributed by atoms with E-state index in [1.807, 2.05) is 26.0 Å². The SMILES string of the molecule is COc1cc(C)cc(C)c1C(=O)CCCC(C)=O. The summed E-state index contributed by atoms with van der Waals surface area (Å²) in [6.45, 7) is 5.43. The molecular formula is C15H20O3. The highest BCUT2D eigenvalue weighted by Gasteiger charge is 2.15. The molecule has 0 amide bonds. The molecule has 0 saturated carbocycles. The first kappa shape index (κ1) is 14.4. The minimum atomic E-state index is 0.0469. The summed E-state index contributed by atoms with van der Waals surface area (Å²) in [7, 11) is 1.57. The average molecular weight is 248 g/mol. The number of aryl methyl sites for hydroxylation is 2. The number of carbonyl (C=O) groups excluding carboxylic acids is 2. The zero-order valence-electron chi connectivity index (χ0n) is 11.5. The lowest BCUT2D eigenvalue weighted by Crippen LogP contribution is -2.06. The monoisotopic (exact) mass is 248 g/mol. The second-order valence-electron chi connectivity index (χ2n) is 4.64. The van der Waals surface area contributed by atoms with E-state index in [0.717, 1.165) is 11.1 Å². The summed E-state index contributed by atoms with van der Waals surface area (Å²) in [6, 6.07) is 3.84. The third-order valence-electron chi connectivity index (χ3n) is 2.88. The summed E-state index contributed by atoms with van der Waals surface area (Å²) < 4.78 is 5.27. The van der Waals surface area contributed by atoms with Crippen molar-refractivity contribution in [3.8, 4) is 5.75 Å². The zero-order chi connectivity index (χ0) is 13.7. The number of benzene rings is 1. The van der Waals surface area contributed by atoms with E-state index in [0.29, 0.717) is 30.6 Å². The molecule has 0 aromatic heterocycles. The van der Waals surface area contributed by atoms with Gasteiger partial charge in [-0.15, -0.1) is 0 Å². The fourth-order valence-corrected chi connectivity index (χ4v) is 2.07. The molecule has 98 valence electrons. The molecule has 1 rings (SSSR count). The number of rotatable bonds is 6. The molecule has 0 spiro atoms. The maximum Gasteiger partial charge on any atom is 0.166 e. The van der Waals surface area contributed by atoms with Gasteiger partial charge in [0.25, 0.3) is 0 Å². The van der Waals surface area contributed by atoms with Crippen LogP contribution in [0.5, 0.6) is 5.75 Å². The molecule has 3 heteroatoms. The quantitative estimate of drug-likeness (QED) is 0.726. The molecule has 3 nitrogen and oxygen atoms in total. The largest absolute Gasteiger partial charge is 0.496 e. The number of ether oxygens (including phenoxy) is 1. The van der Waals surface area contributed by atoms with Crippen molar-refractivity contribution in [1.82, 2.24) is 0 Å². The van der Waals surface area contributed by atoms with Crippen LogP contribution in [0.4, 0.5) is 0 Å². The van der Waals surface area contributed by atoms with Crippen molar-refractivity contribution in [1.29, 1.82) is 0 Å². The Kier molecular flexibility index (Phi) is 5.08. The van der Waals surface area contributed by atoms with E-state index >= 15 is 0 Å². The van der Waals surface area contributed by atoms with E-state index in [1.54, 1.807) is 14.0 Å². The molecule has 0 aliphatic heterocycles. The number of Topliss-reactive ketones (excluding diaryl/α,β-unsaturated/α-hetero) is 2. The summed E-state index contributed by atoms with van der Waals surface area (Å²) >= 11 is 0. The van der Waals surface area contributed by atoms with Crippen LogP contribution in [-0.4, -0.2) is 18.7 Å². The Bertz CT molecular complexity index is 461. The molecule has 0 bridgehead atoms. The van der Waals surface area contributed by atoms with Crippen LogP contribution in [0.3, 0.4) is 0 Å². The van der Waals surface area contributed by atoms with Gasteiger partial charge in [0.2, 0.25) is 0 Å². The van der Waals surface area contributed by atoms with Crippen molar-refractivity contribution in [3.05, 3.63) is 28.8 Å². The molecule has 1 aromatic carbocycles. The van der Waals surface area contributed by atoms with Crippen LogP contribution in [0.2, 0.25) is 0 Å². The Morgan fingerprint density at radius 1 is 1.17 bits per heavy atom. The standard InChI is InChI=1S/C15H20O3/c1-10-8-11(2)15(14(9-10)18-4)13(17)7-5-6-12(3)16/h8-9H,5-7H2,1-4H3. The fraction of sp³-hybridized carbons (Fsp3) is 0.467. The zero-order valence-corrected chi connectivity index (χ0v) is 11.5. The summed E-state index contributed by atoms with van der Waals surface area (Å²) in [5.41, 5.74) is 2.65. The molecule has 18 heavy (non-hydrogen) atoms. The van der Waals surface area contributed by atoms with Crippen LogP contribution in [-0.2, 0) is 4.79 Å². The van der Waals surface area contributed by atoms with Gasteiger partial charge in [-0.1, -0.05) is 6.07 Å². The fourth-order valence-electron chi connectivity index (χ4n) is 2.07. The normalized spacial score (nSPS) is 10.2. The van der Waals surface area contributed by atoms with Crippen LogP contribution in [0, 0.1) is 13.8 Å². The topological polar surface area (TPSA) is 43.4 Å². The van der Waals surface area contributed by atoms with Gasteiger partial charge in [0, 0.05) is 12.8 Å². The first-order valence-electron chi connectivity index (χ1n) is 6.13. The van der Waals surface area contributed by atoms with E-state index in [-0.39, 0.29) is 11.6 Å². The van der Waals surface area contributed by atoms with Gasteiger partial charge >= 0.3 is 0 Å². The van der Waals surface area contributed by atoms with Gasteiger partial charge in [-0.05, 0) is 44.4 Å². The molecule has 0 atom stereocenters. The summed E-state index contributed by atoms with van der Waals surface area (Å²) in [6.07, 6.45) is 1.45. The minimum Gasteiger partial charge on any atom is -0.496 e. The Balaban J connectivity index is 2.88. The van der Waals surface area contributed by atoms with Crippen LogP contribution in [0.15, 0.2) is 12.1 Å². The molecule has 0 heterocycles. The van der Waals surface area contributed by atoms with Crippen molar-refractivity contribution in [2.24, 2.45) is 0 Å². The Morgan fingerprint density at radius 2 is 1.83 bits per heavy atom. The Labute approximate surface area is 108 Å². The van der Waals surface area contributed by atoms with Gasteiger partial charge in [-0.25, -0.2) is 0 Å². The molecule has 0 unspecified atom stereocenters. The lowest BCUT2D eigenvalue weighted by atomic mass is 9.97. The van der Waals surface area contributed by atoms with Gasteiger partial charge < -0.3 is 9.53 Å². The number of methoxy groups -OCH3 is 1. The highest BCUT2D eigenvalue weighted by atomic mass is 16.5. The first-order valence-corrected chi connectivity index (χ1v) is 6.13. The number of hydrogen-bond donors (Lipinski definition) is 0. The first-order chi connectivity index (χ1) is 8.45. The lowest BCUT2D eigenvalue weighted by Gasteiger charge is -2.11. The van der Waals surface area contributed by atoms with E-state index < -0.39 is 0 Å². The van der Waals surface area contributed by atoms with Crippen LogP contribution >= 0.6 is 0 Å². The Hall–Kier alpha value is -1.64. The van der Waals surface area contributed by atoms with Crippen molar-refractivity contribution in [2.75, 3.05) is 7.11 Å². The number of carbonyl (C=O) groups is 2. The second-order valence-corrected chi connectivity index (χ2v) is 4.64. The highest BCUT2D eigenvalue weighted by molar-refractivity contribution is 6.00. The van der Waals surface area contributed by atoms with Gasteiger partial charge in [0.05, 0.1) is 12.7 Å². The van der Waals surface area contributed by atoms with E-state index in [2.05, 4.69) is 0 Å². The van der Waals surface area contributed by atoms with Crippen molar-refractivity contribution in [2.45, 2.75) is 40.0 Å². The van der Waals surface area contributed by atoms with E-state index in [9.17, 15) is 9.59 Å². The smallest absolute Gasteiger partial charge is 0.166 e. The molecule has 0 N–H and O–H groups in total. The second kappa shape index (κ2) is 6.34. The molecule has 0 saturated heterocycles. The number of ketones is 2. The summed E-state index contributed by atoms with van der Waals surface area (Å²) in [5, 5.41) is 0. The molecule has 0 radical (unpaired) electrons. The maximum absolute atomic E-state index is 12.1. The maximum atomic E-state index is 12.1. The van der Waals surface area contributed by atoms with Crippen LogP contribution in [0.25, 0.3) is 0 Å². The number of hydrogen-bond acceptors (Lipinski definition) is 3. The lowest BCUT2D eigenvalue weighted by molar-refractivity contribution is -0.117. The average Bonchev–Trinajstić information content (AvgIpc) is 2.26. The molecule has 0 aliphatic carbocycles. The minimum absolute atomic E-state index is 0.0469. The van der Waals surface area contributed by atoms with Crippen LogP contribution < -0.4 is 4.74 Å². The highest BCUT2D eigenvalue weighted by Crippen LogP contribution is 2.26. The van der Waals surface area contributed by atoms with Gasteiger partial charge in [0.15, 0.2) is 5.78 Å². The molecule has 0 fully saturated rings. The van der Waals surface area contributed by atoms with E-state index in [4.69, 9.17) is 4.74 Å². The summed E-state index contributed by atoms with van der Waals surface area (Å²) in [5.74, 6) is 0.793. The van der Waals surface area contributed by atoms with Crippen molar-refractivity contribution in [3.63, 3.8) is 0 Å². The van der Waals surface area contributed by atoms with Gasteiger partial charge in [0.1, 0.15) is 11.5 Å².